The van der Waals surface area contributed by atoms with Crippen LogP contribution in [0.2, 0.25) is 5.02 Å². The third kappa shape index (κ3) is 4.95. The van der Waals surface area contributed by atoms with Gasteiger partial charge in [-0.25, -0.2) is 14.5 Å². The smallest absolute Gasteiger partial charge is 0.409 e. The zero-order valence-corrected chi connectivity index (χ0v) is 15.7. The minimum Gasteiger partial charge on any atom is -0.450 e. The van der Waals surface area contributed by atoms with Gasteiger partial charge in [-0.1, -0.05) is 11.6 Å². The lowest BCUT2D eigenvalue weighted by Crippen LogP contribution is -2.50. The van der Waals surface area contributed by atoms with Crippen LogP contribution >= 0.6 is 11.6 Å². The summed E-state index contributed by atoms with van der Waals surface area (Å²) in [5, 5.41) is 7.48. The third-order valence-electron chi connectivity index (χ3n) is 4.16. The normalized spacial score (nSPS) is 14.8. The number of amides is 2. The lowest BCUT2D eigenvalue weighted by Gasteiger charge is -2.33. The molecule has 3 rings (SSSR count). The van der Waals surface area contributed by atoms with Crippen LogP contribution in [0.4, 0.5) is 10.5 Å². The van der Waals surface area contributed by atoms with Crippen LogP contribution in [0.5, 0.6) is 0 Å². The molecule has 1 aliphatic rings. The molecule has 0 aliphatic carbocycles. The molecule has 0 saturated carbocycles. The number of aromatic nitrogens is 3. The van der Waals surface area contributed by atoms with Gasteiger partial charge in [0.25, 0.3) is 0 Å². The van der Waals surface area contributed by atoms with Crippen LogP contribution in [0.25, 0.3) is 5.69 Å². The van der Waals surface area contributed by atoms with E-state index in [2.05, 4.69) is 15.4 Å². The van der Waals surface area contributed by atoms with Crippen molar-refractivity contribution in [1.29, 1.82) is 0 Å². The maximum Gasteiger partial charge on any atom is 0.409 e. The standard InChI is InChI=1S/C17H21ClN6O3/c1-2-27-17(26)23-7-5-22(6-8-23)10-16(25)21-14-9-13(18)3-4-15(14)24-12-19-11-20-24/h3-4,9,11-12H,2,5-8,10H2,1H3,(H,21,25). The van der Waals surface area contributed by atoms with Gasteiger partial charge in [-0.3, -0.25) is 9.69 Å². The van der Waals surface area contributed by atoms with Crippen molar-refractivity contribution in [2.24, 2.45) is 0 Å². The summed E-state index contributed by atoms with van der Waals surface area (Å²) in [6.07, 6.45) is 2.66. The highest BCUT2D eigenvalue weighted by Crippen LogP contribution is 2.24. The van der Waals surface area contributed by atoms with Crippen molar-refractivity contribution in [3.63, 3.8) is 0 Å². The monoisotopic (exact) mass is 392 g/mol. The molecule has 1 aromatic heterocycles. The maximum absolute atomic E-state index is 12.5. The molecule has 0 unspecified atom stereocenters. The second-order valence-corrected chi connectivity index (χ2v) is 6.45. The van der Waals surface area contributed by atoms with Gasteiger partial charge in [0.05, 0.1) is 24.5 Å². The Morgan fingerprint density at radius 1 is 1.26 bits per heavy atom. The number of benzene rings is 1. The highest BCUT2D eigenvalue weighted by Gasteiger charge is 2.23. The predicted molar refractivity (Wildman–Crippen MR) is 100 cm³/mol. The van der Waals surface area contributed by atoms with E-state index in [0.717, 1.165) is 0 Å². The fourth-order valence-electron chi connectivity index (χ4n) is 2.84. The van der Waals surface area contributed by atoms with Crippen LogP contribution in [0, 0.1) is 0 Å². The number of ether oxygens (including phenoxy) is 1. The molecule has 1 N–H and O–H groups in total. The van der Waals surface area contributed by atoms with Crippen molar-refractivity contribution in [3.05, 3.63) is 35.9 Å². The molecule has 0 radical (unpaired) electrons. The van der Waals surface area contributed by atoms with E-state index in [1.54, 1.807) is 41.0 Å². The number of carbonyl (C=O) groups is 2. The summed E-state index contributed by atoms with van der Waals surface area (Å²) in [6.45, 7) is 4.65. The SMILES string of the molecule is CCOC(=O)N1CCN(CC(=O)Nc2cc(Cl)ccc2-n2cncn2)CC1. The van der Waals surface area contributed by atoms with Crippen LogP contribution in [0.15, 0.2) is 30.9 Å². The molecule has 27 heavy (non-hydrogen) atoms. The van der Waals surface area contributed by atoms with Crippen LogP contribution in [-0.2, 0) is 9.53 Å². The Morgan fingerprint density at radius 2 is 2.04 bits per heavy atom. The molecule has 2 aromatic rings. The number of carbonyl (C=O) groups excluding carboxylic acids is 2. The molecule has 0 spiro atoms. The van der Waals surface area contributed by atoms with Crippen LogP contribution in [-0.4, -0.2) is 75.9 Å². The molecule has 2 heterocycles. The summed E-state index contributed by atoms with van der Waals surface area (Å²) in [4.78, 5) is 31.8. The Hall–Kier alpha value is -2.65. The summed E-state index contributed by atoms with van der Waals surface area (Å²) in [6, 6.07) is 5.17. The Morgan fingerprint density at radius 3 is 2.70 bits per heavy atom. The molecule has 1 aromatic carbocycles. The molecule has 1 fully saturated rings. The number of halogens is 1. The quantitative estimate of drug-likeness (QED) is 0.831. The number of anilines is 1. The molecule has 144 valence electrons. The number of piperazine rings is 1. The highest BCUT2D eigenvalue weighted by atomic mass is 35.5. The van der Waals surface area contributed by atoms with Crippen molar-refractivity contribution in [3.8, 4) is 5.69 Å². The van der Waals surface area contributed by atoms with E-state index in [-0.39, 0.29) is 18.5 Å². The number of nitrogens with zero attached hydrogens (tertiary/aromatic N) is 5. The number of hydrogen-bond acceptors (Lipinski definition) is 6. The lowest BCUT2D eigenvalue weighted by atomic mass is 10.2. The first-order chi connectivity index (χ1) is 13.1. The van der Waals surface area contributed by atoms with Crippen LogP contribution in [0.1, 0.15) is 6.92 Å². The first kappa shape index (κ1) is 19.1. The average Bonchev–Trinajstić information content (AvgIpc) is 3.17. The Labute approximate surface area is 161 Å². The van der Waals surface area contributed by atoms with E-state index in [0.29, 0.717) is 49.2 Å². The minimum atomic E-state index is -0.307. The van der Waals surface area contributed by atoms with Crippen LogP contribution < -0.4 is 5.32 Å². The van der Waals surface area contributed by atoms with Crippen molar-refractivity contribution < 1.29 is 14.3 Å². The molecular formula is C17H21ClN6O3. The number of hydrogen-bond donors (Lipinski definition) is 1. The van der Waals surface area contributed by atoms with Gasteiger partial charge >= 0.3 is 6.09 Å². The van der Waals surface area contributed by atoms with Crippen molar-refractivity contribution in [2.75, 3.05) is 44.6 Å². The number of nitrogens with one attached hydrogen (secondary N) is 1. The lowest BCUT2D eigenvalue weighted by molar-refractivity contribution is -0.117. The molecule has 0 bridgehead atoms. The van der Waals surface area contributed by atoms with E-state index in [1.807, 2.05) is 4.90 Å². The first-order valence-electron chi connectivity index (χ1n) is 8.65. The van der Waals surface area contributed by atoms with E-state index in [1.165, 1.54) is 6.33 Å². The van der Waals surface area contributed by atoms with Gasteiger partial charge in [-0.2, -0.15) is 5.10 Å². The van der Waals surface area contributed by atoms with Crippen LogP contribution in [0.3, 0.4) is 0 Å². The predicted octanol–water partition coefficient (Wildman–Crippen LogP) is 1.63. The second-order valence-electron chi connectivity index (χ2n) is 6.01. The van der Waals surface area contributed by atoms with Gasteiger partial charge in [-0.05, 0) is 25.1 Å². The maximum atomic E-state index is 12.5. The van der Waals surface area contributed by atoms with Gasteiger partial charge in [-0.15, -0.1) is 0 Å². The van der Waals surface area contributed by atoms with E-state index < -0.39 is 0 Å². The molecule has 2 amide bonds. The summed E-state index contributed by atoms with van der Waals surface area (Å²) in [7, 11) is 0. The Balaban J connectivity index is 1.58. The fourth-order valence-corrected chi connectivity index (χ4v) is 3.01. The molecule has 0 atom stereocenters. The van der Waals surface area contributed by atoms with E-state index >= 15 is 0 Å². The zero-order chi connectivity index (χ0) is 19.2. The van der Waals surface area contributed by atoms with Gasteiger partial charge in [0.2, 0.25) is 5.91 Å². The molecular weight excluding hydrogens is 372 g/mol. The van der Waals surface area contributed by atoms with Gasteiger partial charge < -0.3 is 15.0 Å². The van der Waals surface area contributed by atoms with Crippen molar-refractivity contribution in [2.45, 2.75) is 6.92 Å². The first-order valence-corrected chi connectivity index (χ1v) is 9.03. The summed E-state index contributed by atoms with van der Waals surface area (Å²) < 4.78 is 6.56. The largest absolute Gasteiger partial charge is 0.450 e. The Bertz CT molecular complexity index is 790. The van der Waals surface area contributed by atoms with Gasteiger partial charge in [0.15, 0.2) is 0 Å². The second kappa shape index (κ2) is 8.83. The molecule has 1 aliphatic heterocycles. The summed E-state index contributed by atoms with van der Waals surface area (Å²) in [5.41, 5.74) is 1.24. The minimum absolute atomic E-state index is 0.164. The fraction of sp³-hybridized carbons (Fsp3) is 0.412. The average molecular weight is 393 g/mol. The van der Waals surface area contributed by atoms with Gasteiger partial charge in [0.1, 0.15) is 12.7 Å². The zero-order valence-electron chi connectivity index (χ0n) is 15.0. The summed E-state index contributed by atoms with van der Waals surface area (Å²) >= 11 is 6.07. The third-order valence-corrected chi connectivity index (χ3v) is 4.40. The van der Waals surface area contributed by atoms with E-state index in [9.17, 15) is 9.59 Å². The topological polar surface area (TPSA) is 92.6 Å². The van der Waals surface area contributed by atoms with E-state index in [4.69, 9.17) is 16.3 Å². The molecule has 9 nitrogen and oxygen atoms in total. The molecule has 1 saturated heterocycles. The summed E-state index contributed by atoms with van der Waals surface area (Å²) in [5.74, 6) is -0.164. The molecule has 10 heteroatoms. The number of rotatable bonds is 5. The van der Waals surface area contributed by atoms with Gasteiger partial charge in [0, 0.05) is 31.2 Å². The highest BCUT2D eigenvalue weighted by molar-refractivity contribution is 6.31. The van der Waals surface area contributed by atoms with Crippen molar-refractivity contribution >= 4 is 29.3 Å². The Kier molecular flexibility index (Phi) is 6.25. The van der Waals surface area contributed by atoms with Crippen molar-refractivity contribution in [1.82, 2.24) is 24.6 Å².